The lowest BCUT2D eigenvalue weighted by molar-refractivity contribution is 0.723. The molecule has 11 rings (SSSR count). The van der Waals surface area contributed by atoms with E-state index in [1.807, 2.05) is 72.4 Å². The fourth-order valence-electron chi connectivity index (χ4n) is 8.82. The number of rotatable bonds is 5. The van der Waals surface area contributed by atoms with Crippen LogP contribution in [0.3, 0.4) is 0 Å². The van der Waals surface area contributed by atoms with Crippen molar-refractivity contribution in [3.63, 3.8) is 0 Å². The van der Waals surface area contributed by atoms with Crippen LogP contribution in [0.15, 0.2) is 210 Å². The second-order valence-electron chi connectivity index (χ2n) is 14.3. The maximum atomic E-state index is 5.05. The number of benzene rings is 8. The zero-order valence-electron chi connectivity index (χ0n) is 30.3. The molecule has 0 bridgehead atoms. The molecule has 1 aliphatic carbocycles. The van der Waals surface area contributed by atoms with Crippen molar-refractivity contribution in [2.24, 2.45) is 0 Å². The minimum atomic E-state index is -0.430. The summed E-state index contributed by atoms with van der Waals surface area (Å²) < 4.78 is 0. The molecule has 1 spiro atoms. The molecule has 0 amide bonds. The van der Waals surface area contributed by atoms with Crippen LogP contribution in [-0.2, 0) is 5.41 Å². The molecule has 9 aromatic rings. The highest BCUT2D eigenvalue weighted by Crippen LogP contribution is 2.63. The number of hydrogen-bond acceptors (Lipinski definition) is 4. The quantitative estimate of drug-likeness (QED) is 0.177. The topological polar surface area (TPSA) is 38.7 Å². The fourth-order valence-corrected chi connectivity index (χ4v) is 10.1. The molecular weight excluding hydrogens is 699 g/mol. The predicted octanol–water partition coefficient (Wildman–Crippen LogP) is 13.0. The summed E-state index contributed by atoms with van der Waals surface area (Å²) in [5.41, 5.74) is 15.1. The minimum absolute atomic E-state index is 0.430. The van der Waals surface area contributed by atoms with E-state index in [0.29, 0.717) is 17.5 Å². The predicted molar refractivity (Wildman–Crippen MR) is 228 cm³/mol. The first-order valence-corrected chi connectivity index (χ1v) is 19.8. The lowest BCUT2D eigenvalue weighted by atomic mass is 9.67. The molecule has 0 atom stereocenters. The van der Waals surface area contributed by atoms with Crippen LogP contribution in [0, 0.1) is 0 Å². The minimum Gasteiger partial charge on any atom is -0.208 e. The van der Waals surface area contributed by atoms with Crippen molar-refractivity contribution >= 4 is 11.8 Å². The van der Waals surface area contributed by atoms with Crippen LogP contribution in [0.4, 0.5) is 0 Å². The van der Waals surface area contributed by atoms with Gasteiger partial charge in [0, 0.05) is 26.5 Å². The largest absolute Gasteiger partial charge is 0.208 e. The normalized spacial score (nSPS) is 13.1. The van der Waals surface area contributed by atoms with E-state index < -0.39 is 5.41 Å². The second-order valence-corrected chi connectivity index (χ2v) is 15.3. The highest BCUT2D eigenvalue weighted by molar-refractivity contribution is 7.99. The number of hydrogen-bond donors (Lipinski definition) is 0. The Kier molecular flexibility index (Phi) is 7.64. The summed E-state index contributed by atoms with van der Waals surface area (Å²) in [5.74, 6) is 1.94. The van der Waals surface area contributed by atoms with Crippen LogP contribution in [0.2, 0.25) is 0 Å². The van der Waals surface area contributed by atoms with Gasteiger partial charge in [0.1, 0.15) is 0 Å². The Labute approximate surface area is 330 Å². The third-order valence-electron chi connectivity index (χ3n) is 11.2. The Bertz CT molecular complexity index is 2850. The maximum Gasteiger partial charge on any atom is 0.164 e. The van der Waals surface area contributed by atoms with Gasteiger partial charge in [0.05, 0.1) is 5.41 Å². The van der Waals surface area contributed by atoms with Gasteiger partial charge in [-0.2, -0.15) is 0 Å². The van der Waals surface area contributed by atoms with Crippen LogP contribution >= 0.6 is 11.8 Å². The molecule has 0 unspecified atom stereocenters. The highest BCUT2D eigenvalue weighted by Gasteiger charge is 2.50. The molecular formula is C52H33N3S. The molecule has 0 N–H and O–H groups in total. The zero-order chi connectivity index (χ0) is 37.1. The molecule has 4 heteroatoms. The molecule has 56 heavy (non-hydrogen) atoms. The van der Waals surface area contributed by atoms with Gasteiger partial charge in [-0.05, 0) is 67.8 Å². The van der Waals surface area contributed by atoms with Crippen molar-refractivity contribution in [2.75, 3.05) is 0 Å². The van der Waals surface area contributed by atoms with Gasteiger partial charge < -0.3 is 0 Å². The van der Waals surface area contributed by atoms with Gasteiger partial charge in [-0.1, -0.05) is 200 Å². The number of nitrogens with zero attached hydrogens (tertiary/aromatic N) is 3. The molecule has 0 fully saturated rings. The monoisotopic (exact) mass is 731 g/mol. The van der Waals surface area contributed by atoms with E-state index in [1.54, 1.807) is 0 Å². The zero-order valence-corrected chi connectivity index (χ0v) is 31.1. The van der Waals surface area contributed by atoms with E-state index in [4.69, 9.17) is 15.0 Å². The van der Waals surface area contributed by atoms with Gasteiger partial charge >= 0.3 is 0 Å². The van der Waals surface area contributed by atoms with Crippen molar-refractivity contribution in [2.45, 2.75) is 15.2 Å². The van der Waals surface area contributed by atoms with E-state index in [9.17, 15) is 0 Å². The van der Waals surface area contributed by atoms with Crippen molar-refractivity contribution in [3.8, 4) is 67.5 Å². The molecule has 262 valence electrons. The summed E-state index contributed by atoms with van der Waals surface area (Å²) in [6.45, 7) is 0. The van der Waals surface area contributed by atoms with E-state index >= 15 is 0 Å². The Balaban J connectivity index is 1.09. The second kappa shape index (κ2) is 13.2. The summed E-state index contributed by atoms with van der Waals surface area (Å²) in [6, 6.07) is 71.6. The fraction of sp³-hybridized carbons (Fsp3) is 0.0192. The number of fused-ring (bicyclic) bond motifs is 9. The van der Waals surface area contributed by atoms with Crippen molar-refractivity contribution in [3.05, 3.63) is 222 Å². The molecule has 0 radical (unpaired) electrons. The van der Waals surface area contributed by atoms with Gasteiger partial charge in [-0.25, -0.2) is 15.0 Å². The maximum absolute atomic E-state index is 5.05. The van der Waals surface area contributed by atoms with Crippen LogP contribution in [0.1, 0.15) is 22.3 Å². The molecule has 3 nitrogen and oxygen atoms in total. The summed E-state index contributed by atoms with van der Waals surface area (Å²) in [4.78, 5) is 17.6. The Hall–Kier alpha value is -6.88. The van der Waals surface area contributed by atoms with Gasteiger partial charge in [0.2, 0.25) is 0 Å². The highest BCUT2D eigenvalue weighted by atomic mass is 32.2. The lowest BCUT2D eigenvalue weighted by Crippen LogP contribution is -2.32. The average Bonchev–Trinajstić information content (AvgIpc) is 3.57. The molecule has 0 saturated heterocycles. The Morgan fingerprint density at radius 3 is 1.38 bits per heavy atom. The van der Waals surface area contributed by atoms with Crippen molar-refractivity contribution in [1.82, 2.24) is 15.0 Å². The molecule has 1 aliphatic heterocycles. The third kappa shape index (κ3) is 5.03. The van der Waals surface area contributed by atoms with Crippen LogP contribution in [0.5, 0.6) is 0 Å². The smallest absolute Gasteiger partial charge is 0.164 e. The molecule has 2 aliphatic rings. The van der Waals surface area contributed by atoms with Crippen molar-refractivity contribution < 1.29 is 0 Å². The Morgan fingerprint density at radius 2 is 0.732 bits per heavy atom. The SMILES string of the molecule is c1ccc(-c2nc(-c3ccccc3)nc(-c3cccc(-c4ccccc4-c4cccc5c4Sc4ccccc4C54c5ccccc5-c5ccccc54)c3)n2)cc1. The summed E-state index contributed by atoms with van der Waals surface area (Å²) >= 11 is 1.89. The Morgan fingerprint density at radius 1 is 0.304 bits per heavy atom. The van der Waals surface area contributed by atoms with Gasteiger partial charge in [0.25, 0.3) is 0 Å². The standard InChI is InChI=1S/C52H33N3S/c1-3-17-34(18-4-1)49-53-50(35-19-5-2-6-20-35)55-51(54-49)37-22-15-21-36(33-37)38-23-7-8-24-39(38)42-27-16-31-46-48(42)56-47-32-14-13-30-45(47)52(46)43-28-11-9-25-40(43)41-26-10-12-29-44(41)52/h1-33H. The lowest BCUT2D eigenvalue weighted by Gasteiger charge is -2.40. The van der Waals surface area contributed by atoms with Gasteiger partial charge in [0.15, 0.2) is 17.5 Å². The summed E-state index contributed by atoms with van der Waals surface area (Å²) in [7, 11) is 0. The van der Waals surface area contributed by atoms with E-state index in [1.165, 1.54) is 54.3 Å². The molecule has 0 saturated carbocycles. The van der Waals surface area contributed by atoms with Crippen LogP contribution in [-0.4, -0.2) is 15.0 Å². The summed E-state index contributed by atoms with van der Waals surface area (Å²) in [5, 5.41) is 0. The number of aromatic nitrogens is 3. The van der Waals surface area contributed by atoms with Crippen LogP contribution < -0.4 is 0 Å². The molecule has 8 aromatic carbocycles. The van der Waals surface area contributed by atoms with Crippen molar-refractivity contribution in [1.29, 1.82) is 0 Å². The third-order valence-corrected chi connectivity index (χ3v) is 12.4. The van der Waals surface area contributed by atoms with Gasteiger partial charge in [-0.15, -0.1) is 0 Å². The van der Waals surface area contributed by atoms with E-state index in [2.05, 4.69) is 140 Å². The molecule has 1 aromatic heterocycles. The first kappa shape index (κ1) is 32.5. The average molecular weight is 732 g/mol. The first-order valence-electron chi connectivity index (χ1n) is 18.9. The first-order chi connectivity index (χ1) is 27.8. The van der Waals surface area contributed by atoms with Crippen LogP contribution in [0.25, 0.3) is 67.5 Å². The molecule has 2 heterocycles. The van der Waals surface area contributed by atoms with E-state index in [0.717, 1.165) is 27.8 Å². The van der Waals surface area contributed by atoms with E-state index in [-0.39, 0.29) is 0 Å². The summed E-state index contributed by atoms with van der Waals surface area (Å²) in [6.07, 6.45) is 0. The van der Waals surface area contributed by atoms with Gasteiger partial charge in [-0.3, -0.25) is 0 Å².